The van der Waals surface area contributed by atoms with Crippen LogP contribution in [0.5, 0.6) is 0 Å². The van der Waals surface area contributed by atoms with Crippen LogP contribution in [0.3, 0.4) is 0 Å². The molecule has 0 spiro atoms. The zero-order valence-corrected chi connectivity index (χ0v) is 14.0. The number of benzene rings is 1. The van der Waals surface area contributed by atoms with E-state index < -0.39 is 23.7 Å². The summed E-state index contributed by atoms with van der Waals surface area (Å²) in [7, 11) is 0. The molecule has 0 radical (unpaired) electrons. The number of ether oxygens (including phenoxy) is 1. The number of alkyl halides is 2. The number of hydrogen-bond donors (Lipinski definition) is 1. The fourth-order valence-corrected chi connectivity index (χ4v) is 2.84. The molecule has 1 amide bonds. The smallest absolute Gasteiger partial charge is 0.307 e. The quantitative estimate of drug-likeness (QED) is 0.452. The molecule has 1 aromatic rings. The Morgan fingerprint density at radius 1 is 1.33 bits per heavy atom. The molecule has 2 atom stereocenters. The predicted molar refractivity (Wildman–Crippen MR) is 89.0 cm³/mol. The Labute approximate surface area is 143 Å². The van der Waals surface area contributed by atoms with Crippen LogP contribution in [0.1, 0.15) is 26.2 Å². The average Bonchev–Trinajstić information content (AvgIpc) is 3.01. The lowest BCUT2D eigenvalue weighted by Gasteiger charge is -2.15. The normalized spacial score (nSPS) is 17.8. The van der Waals surface area contributed by atoms with Crippen molar-refractivity contribution in [3.05, 3.63) is 36.4 Å². The Balaban J connectivity index is 1.80. The molecule has 0 unspecified atom stereocenters. The van der Waals surface area contributed by atoms with Crippen LogP contribution in [0.4, 0.5) is 14.5 Å². The van der Waals surface area contributed by atoms with Gasteiger partial charge in [-0.2, -0.15) is 8.78 Å². The number of anilines is 1. The summed E-state index contributed by atoms with van der Waals surface area (Å²) >= 11 is 0.435. The summed E-state index contributed by atoms with van der Waals surface area (Å²) in [6.45, 7) is 1.50. The lowest BCUT2D eigenvalue weighted by atomic mass is 10.1. The van der Waals surface area contributed by atoms with Crippen molar-refractivity contribution in [1.82, 2.24) is 0 Å². The van der Waals surface area contributed by atoms with Crippen LogP contribution in [-0.2, 0) is 14.3 Å². The predicted octanol–water partition coefficient (Wildman–Crippen LogP) is 4.23. The minimum absolute atomic E-state index is 0.188. The molecule has 24 heavy (non-hydrogen) atoms. The molecule has 4 nitrogen and oxygen atoms in total. The Kier molecular flexibility index (Phi) is 6.78. The van der Waals surface area contributed by atoms with E-state index in [0.29, 0.717) is 22.3 Å². The fraction of sp³-hybridized carbons (Fsp3) is 0.412. The molecule has 1 aromatic carbocycles. The monoisotopic (exact) mass is 355 g/mol. The van der Waals surface area contributed by atoms with Crippen molar-refractivity contribution in [1.29, 1.82) is 0 Å². The summed E-state index contributed by atoms with van der Waals surface area (Å²) in [6.07, 6.45) is 5.27. The van der Waals surface area contributed by atoms with Crippen molar-refractivity contribution in [3.8, 4) is 0 Å². The Hall–Kier alpha value is -1.89. The number of allylic oxidation sites excluding steroid dienone is 2. The van der Waals surface area contributed by atoms with Gasteiger partial charge in [-0.15, -0.1) is 0 Å². The highest BCUT2D eigenvalue weighted by Crippen LogP contribution is 2.26. The first-order valence-corrected chi connectivity index (χ1v) is 8.54. The lowest BCUT2D eigenvalue weighted by Crippen LogP contribution is -2.30. The van der Waals surface area contributed by atoms with E-state index in [-0.39, 0.29) is 12.3 Å². The highest BCUT2D eigenvalue weighted by atomic mass is 32.2. The van der Waals surface area contributed by atoms with Crippen LogP contribution in [0.2, 0.25) is 0 Å². The molecule has 1 aliphatic rings. The number of rotatable bonds is 7. The van der Waals surface area contributed by atoms with E-state index >= 15 is 0 Å². The van der Waals surface area contributed by atoms with E-state index in [1.54, 1.807) is 0 Å². The van der Waals surface area contributed by atoms with Crippen molar-refractivity contribution < 1.29 is 23.1 Å². The fourth-order valence-electron chi connectivity index (χ4n) is 2.34. The summed E-state index contributed by atoms with van der Waals surface area (Å²) in [5, 5.41) is 2.59. The Morgan fingerprint density at radius 3 is 2.62 bits per heavy atom. The standard InChI is InChI=1S/C17H19F2NO3S/c1-11(23-15(21)10-12-4-2-3-5-12)16(22)20-13-6-8-14(9-7-13)24-17(18)19/h2,4,6-9,11-12,17H,3,5,10H2,1H3,(H,20,22)/t11-,12-/m1/s1. The number of nitrogens with one attached hydrogen (secondary N) is 1. The van der Waals surface area contributed by atoms with E-state index in [2.05, 4.69) is 5.32 Å². The van der Waals surface area contributed by atoms with Gasteiger partial charge in [-0.3, -0.25) is 9.59 Å². The number of carbonyl (C=O) groups excluding carboxylic acids is 2. The lowest BCUT2D eigenvalue weighted by molar-refractivity contribution is -0.153. The van der Waals surface area contributed by atoms with Gasteiger partial charge < -0.3 is 10.1 Å². The first kappa shape index (κ1) is 18.4. The van der Waals surface area contributed by atoms with Gasteiger partial charge in [0.05, 0.1) is 6.42 Å². The van der Waals surface area contributed by atoms with Gasteiger partial charge in [0, 0.05) is 10.6 Å². The molecule has 0 fully saturated rings. The number of thioether (sulfide) groups is 1. The van der Waals surface area contributed by atoms with Crippen molar-refractivity contribution in [3.63, 3.8) is 0 Å². The maximum Gasteiger partial charge on any atom is 0.307 e. The summed E-state index contributed by atoms with van der Waals surface area (Å²) in [5.74, 6) is -3.16. The van der Waals surface area contributed by atoms with E-state index in [4.69, 9.17) is 4.74 Å². The van der Waals surface area contributed by atoms with Gasteiger partial charge >= 0.3 is 5.97 Å². The molecule has 0 aromatic heterocycles. The highest BCUT2D eigenvalue weighted by Gasteiger charge is 2.21. The number of halogens is 2. The molecule has 0 aliphatic heterocycles. The van der Waals surface area contributed by atoms with E-state index in [9.17, 15) is 18.4 Å². The molecule has 2 rings (SSSR count). The first-order chi connectivity index (χ1) is 11.4. The Bertz CT molecular complexity index is 604. The molecule has 1 N–H and O–H groups in total. The molecule has 0 bridgehead atoms. The van der Waals surface area contributed by atoms with Crippen molar-refractivity contribution in [2.45, 2.75) is 42.9 Å². The van der Waals surface area contributed by atoms with Crippen molar-refractivity contribution >= 4 is 29.3 Å². The molecular formula is C17H19F2NO3S. The highest BCUT2D eigenvalue weighted by molar-refractivity contribution is 7.99. The minimum Gasteiger partial charge on any atom is -0.453 e. The van der Waals surface area contributed by atoms with Gasteiger partial charge in [0.1, 0.15) is 0 Å². The van der Waals surface area contributed by atoms with Gasteiger partial charge in [-0.1, -0.05) is 23.9 Å². The summed E-state index contributed by atoms with van der Waals surface area (Å²) in [5.41, 5.74) is 0.459. The number of amides is 1. The van der Waals surface area contributed by atoms with Gasteiger partial charge in [-0.05, 0) is 49.9 Å². The second-order valence-electron chi connectivity index (χ2n) is 5.49. The van der Waals surface area contributed by atoms with Crippen molar-refractivity contribution in [2.24, 2.45) is 5.92 Å². The SMILES string of the molecule is C[C@@H](OC(=O)C[C@@H]1C=CCC1)C(=O)Nc1ccc(SC(F)F)cc1. The van der Waals surface area contributed by atoms with E-state index in [1.807, 2.05) is 12.2 Å². The van der Waals surface area contributed by atoms with Crippen LogP contribution < -0.4 is 5.32 Å². The molecule has 0 heterocycles. The topological polar surface area (TPSA) is 55.4 Å². The summed E-state index contributed by atoms with van der Waals surface area (Å²) in [4.78, 5) is 24.2. The molecule has 0 saturated carbocycles. The van der Waals surface area contributed by atoms with Crippen LogP contribution in [-0.4, -0.2) is 23.7 Å². The minimum atomic E-state index is -2.49. The van der Waals surface area contributed by atoms with Crippen LogP contribution >= 0.6 is 11.8 Å². The third-order valence-electron chi connectivity index (χ3n) is 3.57. The third-order valence-corrected chi connectivity index (χ3v) is 4.29. The van der Waals surface area contributed by atoms with Gasteiger partial charge in [0.2, 0.25) is 0 Å². The summed E-state index contributed by atoms with van der Waals surface area (Å²) in [6, 6.07) is 6.05. The molecule has 1 aliphatic carbocycles. The molecular weight excluding hydrogens is 336 g/mol. The van der Waals surface area contributed by atoms with E-state index in [1.165, 1.54) is 31.2 Å². The van der Waals surface area contributed by atoms with Gasteiger partial charge in [-0.25, -0.2) is 0 Å². The zero-order chi connectivity index (χ0) is 17.5. The van der Waals surface area contributed by atoms with Gasteiger partial charge in [0.25, 0.3) is 11.7 Å². The second kappa shape index (κ2) is 8.82. The number of hydrogen-bond acceptors (Lipinski definition) is 4. The molecule has 7 heteroatoms. The Morgan fingerprint density at radius 2 is 2.04 bits per heavy atom. The van der Waals surface area contributed by atoms with Crippen LogP contribution in [0.15, 0.2) is 41.3 Å². The molecule has 0 saturated heterocycles. The third kappa shape index (κ3) is 5.96. The first-order valence-electron chi connectivity index (χ1n) is 7.66. The maximum absolute atomic E-state index is 12.2. The zero-order valence-electron chi connectivity index (χ0n) is 13.2. The second-order valence-corrected chi connectivity index (χ2v) is 6.56. The summed E-state index contributed by atoms with van der Waals surface area (Å²) < 4.78 is 29.6. The average molecular weight is 355 g/mol. The maximum atomic E-state index is 12.2. The largest absolute Gasteiger partial charge is 0.453 e. The number of esters is 1. The van der Waals surface area contributed by atoms with Gasteiger partial charge in [0.15, 0.2) is 6.10 Å². The van der Waals surface area contributed by atoms with Crippen LogP contribution in [0.25, 0.3) is 0 Å². The van der Waals surface area contributed by atoms with E-state index in [0.717, 1.165) is 12.8 Å². The van der Waals surface area contributed by atoms with Crippen molar-refractivity contribution in [2.75, 3.05) is 5.32 Å². The number of carbonyl (C=O) groups is 2. The van der Waals surface area contributed by atoms with Crippen LogP contribution in [0, 0.1) is 5.92 Å². The molecule has 130 valence electrons.